The van der Waals surface area contributed by atoms with Crippen LogP contribution in [0.3, 0.4) is 0 Å². The Morgan fingerprint density at radius 1 is 1.36 bits per heavy atom. The Morgan fingerprint density at radius 2 is 1.91 bits per heavy atom. The Labute approximate surface area is 72.1 Å². The average molecular weight is 176 g/mol. The van der Waals surface area contributed by atoms with Gasteiger partial charge in [0.1, 0.15) is 0 Å². The van der Waals surface area contributed by atoms with Crippen molar-refractivity contribution < 1.29 is 4.79 Å². The Morgan fingerprint density at radius 3 is 2.27 bits per heavy atom. The molecule has 2 nitrogen and oxygen atoms in total. The minimum absolute atomic E-state index is 0.111. The lowest BCUT2D eigenvalue weighted by Gasteiger charge is -2.24. The molecule has 0 aromatic heterocycles. The Kier molecular flexibility index (Phi) is 3.34. The standard InChI is InChI=1S/C8H14ClNO/c9-8(11)7-3-1-6(5-10)2-4-7/h6-7H,1-5,10H2/t6-,7-. The second-order valence-electron chi connectivity index (χ2n) is 3.26. The van der Waals surface area contributed by atoms with Crippen molar-refractivity contribution in [1.29, 1.82) is 0 Å². The van der Waals surface area contributed by atoms with Gasteiger partial charge in [0.05, 0.1) is 0 Å². The van der Waals surface area contributed by atoms with E-state index in [1.165, 1.54) is 0 Å². The van der Waals surface area contributed by atoms with Gasteiger partial charge in [-0.1, -0.05) is 0 Å². The van der Waals surface area contributed by atoms with E-state index in [0.717, 1.165) is 32.2 Å². The first-order valence-electron chi connectivity index (χ1n) is 4.13. The molecule has 0 aromatic rings. The molecule has 3 heteroatoms. The van der Waals surface area contributed by atoms with Crippen LogP contribution in [0.1, 0.15) is 25.7 Å². The van der Waals surface area contributed by atoms with Crippen LogP contribution in [-0.4, -0.2) is 11.8 Å². The van der Waals surface area contributed by atoms with E-state index in [2.05, 4.69) is 0 Å². The van der Waals surface area contributed by atoms with Gasteiger partial charge in [-0.3, -0.25) is 4.79 Å². The van der Waals surface area contributed by atoms with Gasteiger partial charge in [0.2, 0.25) is 5.24 Å². The molecule has 0 radical (unpaired) electrons. The summed E-state index contributed by atoms with van der Waals surface area (Å²) in [7, 11) is 0. The summed E-state index contributed by atoms with van der Waals surface area (Å²) in [6.45, 7) is 0.753. The van der Waals surface area contributed by atoms with Gasteiger partial charge in [-0.05, 0) is 49.7 Å². The predicted octanol–water partition coefficient (Wildman–Crippen LogP) is 1.52. The lowest BCUT2D eigenvalue weighted by Crippen LogP contribution is -2.23. The van der Waals surface area contributed by atoms with Crippen LogP contribution in [0.15, 0.2) is 0 Å². The molecular formula is C8H14ClNO. The molecular weight excluding hydrogens is 162 g/mol. The van der Waals surface area contributed by atoms with E-state index in [4.69, 9.17) is 17.3 Å². The molecule has 1 rings (SSSR count). The summed E-state index contributed by atoms with van der Waals surface area (Å²) in [6.07, 6.45) is 4.01. The molecule has 0 unspecified atom stereocenters. The SMILES string of the molecule is NC[C@H]1CC[C@H](C(=O)Cl)CC1. The fourth-order valence-electron chi connectivity index (χ4n) is 1.63. The lowest BCUT2D eigenvalue weighted by atomic mass is 9.83. The van der Waals surface area contributed by atoms with E-state index >= 15 is 0 Å². The molecule has 2 N–H and O–H groups in total. The Bertz CT molecular complexity index is 141. The highest BCUT2D eigenvalue weighted by Gasteiger charge is 2.23. The van der Waals surface area contributed by atoms with Crippen molar-refractivity contribution in [3.05, 3.63) is 0 Å². The monoisotopic (exact) mass is 175 g/mol. The summed E-state index contributed by atoms with van der Waals surface area (Å²) in [6, 6.07) is 0. The zero-order valence-electron chi connectivity index (χ0n) is 6.55. The summed E-state index contributed by atoms with van der Waals surface area (Å²) >= 11 is 5.38. The number of halogens is 1. The average Bonchev–Trinajstić information content (AvgIpc) is 2.05. The number of carbonyl (C=O) groups excluding carboxylic acids is 1. The smallest absolute Gasteiger partial charge is 0.224 e. The lowest BCUT2D eigenvalue weighted by molar-refractivity contribution is -0.116. The van der Waals surface area contributed by atoms with Gasteiger partial charge in [-0.2, -0.15) is 0 Å². The second kappa shape index (κ2) is 4.07. The molecule has 0 heterocycles. The largest absolute Gasteiger partial charge is 0.330 e. The van der Waals surface area contributed by atoms with Crippen molar-refractivity contribution in [3.63, 3.8) is 0 Å². The van der Waals surface area contributed by atoms with E-state index in [9.17, 15) is 4.79 Å². The van der Waals surface area contributed by atoms with E-state index < -0.39 is 0 Å². The van der Waals surface area contributed by atoms with Crippen LogP contribution in [0.25, 0.3) is 0 Å². The predicted molar refractivity (Wildman–Crippen MR) is 45.4 cm³/mol. The van der Waals surface area contributed by atoms with Crippen LogP contribution in [0.5, 0.6) is 0 Å². The van der Waals surface area contributed by atoms with Crippen LogP contribution in [0, 0.1) is 11.8 Å². The highest BCUT2D eigenvalue weighted by molar-refractivity contribution is 6.63. The van der Waals surface area contributed by atoms with Gasteiger partial charge >= 0.3 is 0 Å². The second-order valence-corrected chi connectivity index (χ2v) is 3.63. The van der Waals surface area contributed by atoms with Crippen LogP contribution in [-0.2, 0) is 4.79 Å². The molecule has 1 aliphatic rings. The first-order chi connectivity index (χ1) is 5.24. The van der Waals surface area contributed by atoms with Crippen LogP contribution in [0.4, 0.5) is 0 Å². The summed E-state index contributed by atoms with van der Waals surface area (Å²) in [5.74, 6) is 0.738. The molecule has 0 aliphatic heterocycles. The maximum atomic E-state index is 10.7. The van der Waals surface area contributed by atoms with Crippen molar-refractivity contribution in [2.45, 2.75) is 25.7 Å². The summed E-state index contributed by atoms with van der Waals surface area (Å²) in [4.78, 5) is 10.7. The Hall–Kier alpha value is -0.0800. The number of hydrogen-bond donors (Lipinski definition) is 1. The minimum Gasteiger partial charge on any atom is -0.330 e. The molecule has 11 heavy (non-hydrogen) atoms. The van der Waals surface area contributed by atoms with Gasteiger partial charge in [-0.25, -0.2) is 0 Å². The molecule has 0 amide bonds. The normalized spacial score (nSPS) is 31.8. The zero-order valence-corrected chi connectivity index (χ0v) is 7.31. The van der Waals surface area contributed by atoms with E-state index in [-0.39, 0.29) is 11.2 Å². The molecule has 64 valence electrons. The van der Waals surface area contributed by atoms with Crippen LogP contribution < -0.4 is 5.73 Å². The first kappa shape index (κ1) is 9.01. The quantitative estimate of drug-likeness (QED) is 0.647. The molecule has 0 spiro atoms. The van der Waals surface area contributed by atoms with Gasteiger partial charge in [-0.15, -0.1) is 0 Å². The number of rotatable bonds is 2. The third-order valence-electron chi connectivity index (χ3n) is 2.50. The van der Waals surface area contributed by atoms with Crippen molar-refractivity contribution in [2.75, 3.05) is 6.54 Å². The first-order valence-corrected chi connectivity index (χ1v) is 4.51. The fraction of sp³-hybridized carbons (Fsp3) is 0.875. The van der Waals surface area contributed by atoms with Crippen molar-refractivity contribution in [1.82, 2.24) is 0 Å². The maximum Gasteiger partial charge on any atom is 0.224 e. The third kappa shape index (κ3) is 2.46. The van der Waals surface area contributed by atoms with Gasteiger partial charge in [0.15, 0.2) is 0 Å². The molecule has 1 saturated carbocycles. The van der Waals surface area contributed by atoms with E-state index in [1.54, 1.807) is 0 Å². The zero-order chi connectivity index (χ0) is 8.27. The third-order valence-corrected chi connectivity index (χ3v) is 2.81. The molecule has 0 bridgehead atoms. The van der Waals surface area contributed by atoms with Gasteiger partial charge in [0.25, 0.3) is 0 Å². The van der Waals surface area contributed by atoms with Crippen molar-refractivity contribution >= 4 is 16.8 Å². The highest BCUT2D eigenvalue weighted by atomic mass is 35.5. The summed E-state index contributed by atoms with van der Waals surface area (Å²) < 4.78 is 0. The van der Waals surface area contributed by atoms with Crippen LogP contribution in [0.2, 0.25) is 0 Å². The summed E-state index contributed by atoms with van der Waals surface area (Å²) in [5.41, 5.74) is 5.51. The summed E-state index contributed by atoms with van der Waals surface area (Å²) in [5, 5.41) is -0.166. The molecule has 0 atom stereocenters. The Balaban J connectivity index is 2.30. The highest BCUT2D eigenvalue weighted by Crippen LogP contribution is 2.29. The van der Waals surface area contributed by atoms with Crippen molar-refractivity contribution in [2.24, 2.45) is 17.6 Å². The minimum atomic E-state index is -0.166. The van der Waals surface area contributed by atoms with Gasteiger partial charge in [0, 0.05) is 5.92 Å². The number of carbonyl (C=O) groups is 1. The van der Waals surface area contributed by atoms with E-state index in [1.807, 2.05) is 0 Å². The molecule has 0 saturated heterocycles. The van der Waals surface area contributed by atoms with E-state index in [0.29, 0.717) is 5.92 Å². The molecule has 1 aliphatic carbocycles. The molecule has 0 aromatic carbocycles. The van der Waals surface area contributed by atoms with Gasteiger partial charge < -0.3 is 5.73 Å². The topological polar surface area (TPSA) is 43.1 Å². The maximum absolute atomic E-state index is 10.7. The fourth-order valence-corrected chi connectivity index (χ4v) is 1.84. The van der Waals surface area contributed by atoms with Crippen molar-refractivity contribution in [3.8, 4) is 0 Å². The van der Waals surface area contributed by atoms with Crippen LogP contribution >= 0.6 is 11.6 Å². The molecule has 1 fully saturated rings. The number of nitrogens with two attached hydrogens (primary N) is 1. The number of hydrogen-bond acceptors (Lipinski definition) is 2.